The van der Waals surface area contributed by atoms with Crippen molar-refractivity contribution in [2.45, 2.75) is 12.0 Å². The molecule has 0 amide bonds. The smallest absolute Gasteiger partial charge is 0.263 e. The number of hydrogen-bond acceptors (Lipinski definition) is 6. The summed E-state index contributed by atoms with van der Waals surface area (Å²) in [6, 6.07) is 16.4. The first-order valence-corrected chi connectivity index (χ1v) is 10.1. The SMILES string of the molecule is CN(C)[C@H]1CN(c2nc(Nc3ccc(F)cc3)c(C=N)c(=O)[nH]2)C[C@@H]1c1ccccc1. The molecule has 160 valence electrons. The first kappa shape index (κ1) is 20.7. The molecule has 3 N–H and O–H groups in total. The summed E-state index contributed by atoms with van der Waals surface area (Å²) >= 11 is 0. The summed E-state index contributed by atoms with van der Waals surface area (Å²) in [6.45, 7) is 1.41. The van der Waals surface area contributed by atoms with Crippen LogP contribution in [0.25, 0.3) is 0 Å². The standard InChI is InChI=1S/C23H25FN6O/c1-29(2)20-14-30(13-19(20)15-6-4-3-5-7-15)23-27-21(18(12-25)22(31)28-23)26-17-10-8-16(24)9-11-17/h3-12,19-20,25H,13-14H2,1-2H3,(H2,26,27,28,31)/t19-,20+/m1/s1. The molecule has 4 rings (SSSR count). The molecule has 1 fully saturated rings. The third-order valence-corrected chi connectivity index (χ3v) is 5.67. The Morgan fingerprint density at radius 2 is 1.87 bits per heavy atom. The van der Waals surface area contributed by atoms with Gasteiger partial charge < -0.3 is 20.5 Å². The van der Waals surface area contributed by atoms with Crippen LogP contribution in [0.3, 0.4) is 0 Å². The van der Waals surface area contributed by atoms with Crippen LogP contribution < -0.4 is 15.8 Å². The van der Waals surface area contributed by atoms with Crippen molar-refractivity contribution >= 4 is 23.7 Å². The zero-order valence-corrected chi connectivity index (χ0v) is 17.5. The first-order valence-electron chi connectivity index (χ1n) is 10.1. The van der Waals surface area contributed by atoms with Crippen molar-refractivity contribution in [1.82, 2.24) is 14.9 Å². The number of halogens is 1. The number of aromatic amines is 1. The van der Waals surface area contributed by atoms with Crippen LogP contribution in [-0.2, 0) is 0 Å². The van der Waals surface area contributed by atoms with Crippen LogP contribution in [0.4, 0.5) is 21.8 Å². The quantitative estimate of drug-likeness (QED) is 0.533. The highest BCUT2D eigenvalue weighted by molar-refractivity contribution is 5.85. The van der Waals surface area contributed by atoms with Gasteiger partial charge in [0.2, 0.25) is 5.95 Å². The topological polar surface area (TPSA) is 88.1 Å². The molecule has 0 bridgehead atoms. The predicted molar refractivity (Wildman–Crippen MR) is 121 cm³/mol. The van der Waals surface area contributed by atoms with Crippen molar-refractivity contribution in [2.75, 3.05) is 37.4 Å². The number of hydrogen-bond donors (Lipinski definition) is 3. The van der Waals surface area contributed by atoms with Gasteiger partial charge in [0, 0.05) is 37.0 Å². The molecule has 1 aliphatic rings. The Morgan fingerprint density at radius 1 is 1.16 bits per heavy atom. The molecule has 8 heteroatoms. The van der Waals surface area contributed by atoms with E-state index < -0.39 is 5.56 Å². The maximum Gasteiger partial charge on any atom is 0.263 e. The number of anilines is 3. The van der Waals surface area contributed by atoms with Gasteiger partial charge in [0.1, 0.15) is 17.2 Å². The summed E-state index contributed by atoms with van der Waals surface area (Å²) in [5.41, 5.74) is 1.56. The lowest BCUT2D eigenvalue weighted by Crippen LogP contribution is -2.35. The molecule has 1 aromatic heterocycles. The van der Waals surface area contributed by atoms with Gasteiger partial charge in [-0.1, -0.05) is 30.3 Å². The van der Waals surface area contributed by atoms with Gasteiger partial charge in [-0.2, -0.15) is 4.98 Å². The minimum atomic E-state index is -0.394. The molecule has 0 unspecified atom stereocenters. The number of aromatic nitrogens is 2. The lowest BCUT2D eigenvalue weighted by Gasteiger charge is -2.25. The Balaban J connectivity index is 1.67. The number of nitrogens with zero attached hydrogens (tertiary/aromatic N) is 3. The average molecular weight is 420 g/mol. The molecule has 31 heavy (non-hydrogen) atoms. The highest BCUT2D eigenvalue weighted by Gasteiger charge is 2.36. The molecular weight excluding hydrogens is 395 g/mol. The molecule has 1 aliphatic heterocycles. The summed E-state index contributed by atoms with van der Waals surface area (Å²) in [5, 5.41) is 10.7. The Labute approximate surface area is 180 Å². The molecule has 0 saturated carbocycles. The predicted octanol–water partition coefficient (Wildman–Crippen LogP) is 3.18. The van der Waals surface area contributed by atoms with Crippen LogP contribution in [0.1, 0.15) is 17.0 Å². The number of likely N-dealkylation sites (N-methyl/N-ethyl adjacent to an activating group) is 1. The normalized spacial score (nSPS) is 18.4. The Morgan fingerprint density at radius 3 is 2.52 bits per heavy atom. The second-order valence-electron chi connectivity index (χ2n) is 7.88. The zero-order valence-electron chi connectivity index (χ0n) is 17.5. The minimum absolute atomic E-state index is 0.121. The van der Waals surface area contributed by atoms with Crippen molar-refractivity contribution in [3.8, 4) is 0 Å². The third-order valence-electron chi connectivity index (χ3n) is 5.67. The van der Waals surface area contributed by atoms with Crippen molar-refractivity contribution in [1.29, 1.82) is 5.41 Å². The van der Waals surface area contributed by atoms with E-state index in [1.165, 1.54) is 17.7 Å². The van der Waals surface area contributed by atoms with Crippen LogP contribution >= 0.6 is 0 Å². The largest absolute Gasteiger partial charge is 0.340 e. The summed E-state index contributed by atoms with van der Waals surface area (Å²) in [6.07, 6.45) is 0.973. The fourth-order valence-electron chi connectivity index (χ4n) is 4.03. The van der Waals surface area contributed by atoms with Crippen molar-refractivity contribution in [3.63, 3.8) is 0 Å². The van der Waals surface area contributed by atoms with E-state index in [-0.39, 0.29) is 29.2 Å². The monoisotopic (exact) mass is 420 g/mol. The average Bonchev–Trinajstić information content (AvgIpc) is 3.22. The molecule has 2 heterocycles. The summed E-state index contributed by atoms with van der Waals surface area (Å²) in [5.74, 6) is 0.629. The van der Waals surface area contributed by atoms with Crippen LogP contribution in [0.2, 0.25) is 0 Å². The summed E-state index contributed by atoms with van der Waals surface area (Å²) in [4.78, 5) is 24.4. The van der Waals surface area contributed by atoms with E-state index >= 15 is 0 Å². The van der Waals surface area contributed by atoms with Gasteiger partial charge >= 0.3 is 0 Å². The van der Waals surface area contributed by atoms with Gasteiger partial charge in [-0.15, -0.1) is 0 Å². The van der Waals surface area contributed by atoms with Crippen LogP contribution in [0.5, 0.6) is 0 Å². The molecule has 2 aromatic carbocycles. The van der Waals surface area contributed by atoms with Crippen molar-refractivity contribution in [2.24, 2.45) is 0 Å². The number of H-pyrrole nitrogens is 1. The van der Waals surface area contributed by atoms with E-state index in [2.05, 4.69) is 51.3 Å². The van der Waals surface area contributed by atoms with Gasteiger partial charge in [0.15, 0.2) is 0 Å². The maximum atomic E-state index is 13.2. The molecule has 7 nitrogen and oxygen atoms in total. The minimum Gasteiger partial charge on any atom is -0.340 e. The second kappa shape index (κ2) is 8.69. The Kier molecular flexibility index (Phi) is 5.81. The van der Waals surface area contributed by atoms with Crippen LogP contribution in [-0.4, -0.2) is 54.3 Å². The Hall–Kier alpha value is -3.52. The van der Waals surface area contributed by atoms with Gasteiger partial charge in [-0.25, -0.2) is 4.39 Å². The van der Waals surface area contributed by atoms with E-state index in [1.54, 1.807) is 12.1 Å². The molecular formula is C23H25FN6O. The van der Waals surface area contributed by atoms with Gasteiger partial charge in [-0.3, -0.25) is 9.78 Å². The van der Waals surface area contributed by atoms with Crippen molar-refractivity contribution < 1.29 is 4.39 Å². The molecule has 0 radical (unpaired) electrons. The summed E-state index contributed by atoms with van der Waals surface area (Å²) in [7, 11) is 4.11. The van der Waals surface area contributed by atoms with Crippen LogP contribution in [0.15, 0.2) is 59.4 Å². The zero-order chi connectivity index (χ0) is 22.0. The lowest BCUT2D eigenvalue weighted by atomic mass is 9.94. The summed E-state index contributed by atoms with van der Waals surface area (Å²) < 4.78 is 13.2. The molecule has 1 saturated heterocycles. The number of rotatable bonds is 6. The second-order valence-corrected chi connectivity index (χ2v) is 7.88. The molecule has 0 spiro atoms. The lowest BCUT2D eigenvalue weighted by molar-refractivity contribution is 0.292. The van der Waals surface area contributed by atoms with Gasteiger partial charge in [0.25, 0.3) is 5.56 Å². The highest BCUT2D eigenvalue weighted by atomic mass is 19.1. The van der Waals surface area contributed by atoms with E-state index in [0.717, 1.165) is 6.21 Å². The molecule has 3 aromatic rings. The van der Waals surface area contributed by atoms with Gasteiger partial charge in [-0.05, 0) is 43.9 Å². The number of nitrogens with one attached hydrogen (secondary N) is 3. The van der Waals surface area contributed by atoms with E-state index in [9.17, 15) is 9.18 Å². The third kappa shape index (κ3) is 4.34. The van der Waals surface area contributed by atoms with E-state index in [1.807, 2.05) is 18.2 Å². The van der Waals surface area contributed by atoms with Crippen LogP contribution in [0, 0.1) is 11.2 Å². The highest BCUT2D eigenvalue weighted by Crippen LogP contribution is 2.32. The van der Waals surface area contributed by atoms with E-state index in [0.29, 0.717) is 24.7 Å². The molecule has 0 aliphatic carbocycles. The maximum absolute atomic E-state index is 13.2. The van der Waals surface area contributed by atoms with Crippen molar-refractivity contribution in [3.05, 3.63) is 81.9 Å². The van der Waals surface area contributed by atoms with Gasteiger partial charge in [0.05, 0.1) is 0 Å². The first-order chi connectivity index (χ1) is 15.0. The fraction of sp³-hybridized carbons (Fsp3) is 0.261. The fourth-order valence-corrected chi connectivity index (χ4v) is 4.03. The number of benzene rings is 2. The Bertz CT molecular complexity index is 1110. The molecule has 2 atom stereocenters. The van der Waals surface area contributed by atoms with E-state index in [4.69, 9.17) is 5.41 Å².